The topological polar surface area (TPSA) is 99.4 Å². The van der Waals surface area contributed by atoms with Crippen LogP contribution in [0.5, 0.6) is 11.5 Å². The van der Waals surface area contributed by atoms with Crippen LogP contribution in [0.3, 0.4) is 0 Å². The van der Waals surface area contributed by atoms with Crippen LogP contribution in [0.2, 0.25) is 0 Å². The molecule has 0 saturated carbocycles. The number of hydrogen-bond donors (Lipinski definition) is 1. The SMILES string of the molecule is COc1ccc(-c2nc(NC(=O)c3ccc(-c4nc(C)no4)cc3)sc2C)cc1OC. The van der Waals surface area contributed by atoms with Crippen molar-refractivity contribution in [2.24, 2.45) is 0 Å². The van der Waals surface area contributed by atoms with Crippen LogP contribution in [0.15, 0.2) is 47.0 Å². The summed E-state index contributed by atoms with van der Waals surface area (Å²) in [5.74, 6) is 1.99. The third-order valence-corrected chi connectivity index (χ3v) is 5.48. The highest BCUT2D eigenvalue weighted by Crippen LogP contribution is 2.36. The number of aryl methyl sites for hydroxylation is 2. The molecule has 2 aromatic carbocycles. The van der Waals surface area contributed by atoms with Crippen LogP contribution in [-0.4, -0.2) is 35.3 Å². The van der Waals surface area contributed by atoms with Crippen LogP contribution in [0, 0.1) is 13.8 Å². The zero-order valence-corrected chi connectivity index (χ0v) is 18.2. The number of hydrogen-bond acceptors (Lipinski definition) is 8. The molecule has 4 rings (SSSR count). The highest BCUT2D eigenvalue weighted by molar-refractivity contribution is 7.16. The predicted octanol–water partition coefficient (Wildman–Crippen LogP) is 4.75. The van der Waals surface area contributed by atoms with Gasteiger partial charge in [0.25, 0.3) is 11.8 Å². The molecule has 9 heteroatoms. The van der Waals surface area contributed by atoms with Gasteiger partial charge in [0, 0.05) is 21.6 Å². The van der Waals surface area contributed by atoms with E-state index in [9.17, 15) is 4.79 Å². The van der Waals surface area contributed by atoms with Gasteiger partial charge in [-0.25, -0.2) is 4.98 Å². The normalized spacial score (nSPS) is 10.7. The molecule has 0 aliphatic carbocycles. The average molecular weight is 436 g/mol. The van der Waals surface area contributed by atoms with E-state index in [2.05, 4.69) is 20.4 Å². The fraction of sp³-hybridized carbons (Fsp3) is 0.182. The Morgan fingerprint density at radius 2 is 1.68 bits per heavy atom. The first-order chi connectivity index (χ1) is 15.0. The molecule has 1 amide bonds. The van der Waals surface area contributed by atoms with Gasteiger partial charge in [0.05, 0.1) is 19.9 Å². The first-order valence-electron chi connectivity index (χ1n) is 9.40. The summed E-state index contributed by atoms with van der Waals surface area (Å²) in [6.07, 6.45) is 0. The third kappa shape index (κ3) is 4.26. The molecule has 1 N–H and O–H groups in total. The average Bonchev–Trinajstić information content (AvgIpc) is 3.38. The summed E-state index contributed by atoms with van der Waals surface area (Å²) in [4.78, 5) is 22.4. The molecule has 31 heavy (non-hydrogen) atoms. The van der Waals surface area contributed by atoms with Crippen molar-refractivity contribution in [3.63, 3.8) is 0 Å². The first-order valence-corrected chi connectivity index (χ1v) is 10.2. The van der Waals surface area contributed by atoms with E-state index in [1.54, 1.807) is 45.4 Å². The van der Waals surface area contributed by atoms with Crippen LogP contribution < -0.4 is 14.8 Å². The molecule has 8 nitrogen and oxygen atoms in total. The highest BCUT2D eigenvalue weighted by atomic mass is 32.1. The summed E-state index contributed by atoms with van der Waals surface area (Å²) in [5.41, 5.74) is 2.91. The summed E-state index contributed by atoms with van der Waals surface area (Å²) in [7, 11) is 3.18. The van der Waals surface area contributed by atoms with Crippen LogP contribution in [-0.2, 0) is 0 Å². The maximum Gasteiger partial charge on any atom is 0.257 e. The van der Waals surface area contributed by atoms with Crippen molar-refractivity contribution in [2.75, 3.05) is 19.5 Å². The van der Waals surface area contributed by atoms with Gasteiger partial charge in [0.1, 0.15) is 0 Å². The minimum absolute atomic E-state index is 0.249. The number of carbonyl (C=O) groups excluding carboxylic acids is 1. The zero-order chi connectivity index (χ0) is 22.0. The number of amides is 1. The molecule has 0 fully saturated rings. The lowest BCUT2D eigenvalue weighted by Crippen LogP contribution is -2.11. The van der Waals surface area contributed by atoms with Gasteiger partial charge in [0.15, 0.2) is 22.5 Å². The standard InChI is InChI=1S/C22H20N4O4S/c1-12-19(16-9-10-17(28-3)18(11-16)29-4)24-22(31-12)25-20(27)14-5-7-15(8-6-14)21-23-13(2)26-30-21/h5-11H,1-4H3,(H,24,25,27). The number of nitrogens with zero attached hydrogens (tertiary/aromatic N) is 3. The summed E-state index contributed by atoms with van der Waals surface area (Å²) in [5, 5.41) is 7.16. The fourth-order valence-corrected chi connectivity index (χ4v) is 3.88. The first kappa shape index (κ1) is 20.5. The summed E-state index contributed by atoms with van der Waals surface area (Å²) in [6, 6.07) is 12.6. The summed E-state index contributed by atoms with van der Waals surface area (Å²) in [6.45, 7) is 3.71. The molecule has 4 aromatic rings. The van der Waals surface area contributed by atoms with Crippen molar-refractivity contribution in [2.45, 2.75) is 13.8 Å². The van der Waals surface area contributed by atoms with Gasteiger partial charge in [-0.2, -0.15) is 4.98 Å². The van der Waals surface area contributed by atoms with Crippen LogP contribution in [0.1, 0.15) is 21.1 Å². The number of ether oxygens (including phenoxy) is 2. The Bertz CT molecular complexity index is 1230. The number of carbonyl (C=O) groups is 1. The number of thiazole rings is 1. The van der Waals surface area contributed by atoms with Crippen molar-refractivity contribution < 1.29 is 18.8 Å². The Hall–Kier alpha value is -3.72. The van der Waals surface area contributed by atoms with E-state index >= 15 is 0 Å². The molecule has 0 atom stereocenters. The molecule has 158 valence electrons. The largest absolute Gasteiger partial charge is 0.493 e. The molecular formula is C22H20N4O4S. The monoisotopic (exact) mass is 436 g/mol. The van der Waals surface area contributed by atoms with Crippen molar-refractivity contribution in [3.05, 3.63) is 58.7 Å². The van der Waals surface area contributed by atoms with Gasteiger partial charge < -0.3 is 14.0 Å². The molecule has 0 unspecified atom stereocenters. The van der Waals surface area contributed by atoms with Crippen LogP contribution >= 0.6 is 11.3 Å². The molecule has 0 aliphatic rings. The Kier molecular flexibility index (Phi) is 5.68. The third-order valence-electron chi connectivity index (χ3n) is 4.60. The minimum atomic E-state index is -0.249. The number of benzene rings is 2. The lowest BCUT2D eigenvalue weighted by Gasteiger charge is -2.08. The van der Waals surface area contributed by atoms with Crippen LogP contribution in [0.25, 0.3) is 22.7 Å². The van der Waals surface area contributed by atoms with Crippen molar-refractivity contribution in [1.29, 1.82) is 0 Å². The zero-order valence-electron chi connectivity index (χ0n) is 17.4. The van der Waals surface area contributed by atoms with Crippen molar-refractivity contribution in [1.82, 2.24) is 15.1 Å². The van der Waals surface area contributed by atoms with Gasteiger partial charge in [-0.3, -0.25) is 10.1 Å². The Morgan fingerprint density at radius 1 is 0.968 bits per heavy atom. The second-order valence-corrected chi connectivity index (χ2v) is 7.87. The van der Waals surface area contributed by atoms with Crippen molar-refractivity contribution >= 4 is 22.4 Å². The molecule has 2 heterocycles. The predicted molar refractivity (Wildman–Crippen MR) is 118 cm³/mol. The Morgan fingerprint density at radius 3 is 2.32 bits per heavy atom. The van der Waals surface area contributed by atoms with E-state index in [1.807, 2.05) is 25.1 Å². The van der Waals surface area contributed by atoms with E-state index < -0.39 is 0 Å². The summed E-state index contributed by atoms with van der Waals surface area (Å²) >= 11 is 1.41. The number of anilines is 1. The van der Waals surface area contributed by atoms with E-state index in [0.29, 0.717) is 33.9 Å². The quantitative estimate of drug-likeness (QED) is 0.466. The molecule has 0 bridgehead atoms. The smallest absolute Gasteiger partial charge is 0.257 e. The number of rotatable bonds is 6. The second kappa shape index (κ2) is 8.57. The van der Waals surface area contributed by atoms with Gasteiger partial charge >= 0.3 is 0 Å². The number of aromatic nitrogens is 3. The maximum atomic E-state index is 12.7. The minimum Gasteiger partial charge on any atom is -0.493 e. The Balaban J connectivity index is 1.52. The van der Waals surface area contributed by atoms with Gasteiger partial charge in [-0.15, -0.1) is 11.3 Å². The highest BCUT2D eigenvalue weighted by Gasteiger charge is 2.16. The molecule has 0 radical (unpaired) electrons. The second-order valence-electron chi connectivity index (χ2n) is 6.67. The van der Waals surface area contributed by atoms with Gasteiger partial charge in [-0.05, 0) is 56.3 Å². The van der Waals surface area contributed by atoms with Gasteiger partial charge in [0.2, 0.25) is 0 Å². The maximum absolute atomic E-state index is 12.7. The number of nitrogens with one attached hydrogen (secondary N) is 1. The van der Waals surface area contributed by atoms with E-state index in [4.69, 9.17) is 14.0 Å². The van der Waals surface area contributed by atoms with Gasteiger partial charge in [-0.1, -0.05) is 5.16 Å². The summed E-state index contributed by atoms with van der Waals surface area (Å²) < 4.78 is 15.8. The molecule has 2 aromatic heterocycles. The molecular weight excluding hydrogens is 416 g/mol. The van der Waals surface area contributed by atoms with Crippen LogP contribution in [0.4, 0.5) is 5.13 Å². The lowest BCUT2D eigenvalue weighted by molar-refractivity contribution is 0.102. The fourth-order valence-electron chi connectivity index (χ4n) is 3.05. The molecule has 0 spiro atoms. The molecule has 0 saturated heterocycles. The lowest BCUT2D eigenvalue weighted by atomic mass is 10.1. The number of methoxy groups -OCH3 is 2. The van der Waals surface area contributed by atoms with E-state index in [0.717, 1.165) is 21.7 Å². The van der Waals surface area contributed by atoms with E-state index in [1.165, 1.54) is 11.3 Å². The van der Waals surface area contributed by atoms with E-state index in [-0.39, 0.29) is 5.91 Å². The Labute approximate surface area is 182 Å². The van der Waals surface area contributed by atoms with Crippen molar-refractivity contribution in [3.8, 4) is 34.2 Å². The molecule has 0 aliphatic heterocycles.